The number of fused-ring (bicyclic) bond motifs is 2. The van der Waals surface area contributed by atoms with Gasteiger partial charge in [0.25, 0.3) is 5.91 Å². The number of carbonyl (C=O) groups is 1. The van der Waals surface area contributed by atoms with Crippen LogP contribution in [0.5, 0.6) is 5.75 Å². The van der Waals surface area contributed by atoms with E-state index < -0.39 is 0 Å². The lowest BCUT2D eigenvalue weighted by Gasteiger charge is -2.24. The van der Waals surface area contributed by atoms with Gasteiger partial charge in [0, 0.05) is 21.9 Å². The molecule has 1 aromatic carbocycles. The molecule has 1 aliphatic carbocycles. The van der Waals surface area contributed by atoms with Crippen LogP contribution in [0.1, 0.15) is 46.1 Å². The summed E-state index contributed by atoms with van der Waals surface area (Å²) in [5, 5.41) is 12.2. The Balaban J connectivity index is 1.41. The first-order chi connectivity index (χ1) is 15.1. The van der Waals surface area contributed by atoms with Crippen molar-refractivity contribution in [2.75, 3.05) is 7.11 Å². The van der Waals surface area contributed by atoms with E-state index in [0.717, 1.165) is 35.8 Å². The van der Waals surface area contributed by atoms with Crippen molar-refractivity contribution < 1.29 is 9.53 Å². The molecular weight excluding hydrogens is 458 g/mol. The Morgan fingerprint density at radius 2 is 2.10 bits per heavy atom. The van der Waals surface area contributed by atoms with Gasteiger partial charge < -0.3 is 10.1 Å². The molecule has 3 aromatic heterocycles. The third-order valence-electron chi connectivity index (χ3n) is 5.75. The molecule has 0 spiro atoms. The molecule has 1 N–H and O–H groups in total. The minimum Gasteiger partial charge on any atom is -0.494 e. The Morgan fingerprint density at radius 3 is 2.90 bits per heavy atom. The van der Waals surface area contributed by atoms with E-state index in [4.69, 9.17) is 4.74 Å². The fourth-order valence-electron chi connectivity index (χ4n) is 4.27. The van der Waals surface area contributed by atoms with Crippen LogP contribution < -0.4 is 10.1 Å². The molecular formula is C23H22BrN5O2. The number of nitrogens with one attached hydrogen (secondary N) is 1. The van der Waals surface area contributed by atoms with Crippen molar-refractivity contribution in [3.8, 4) is 5.75 Å². The maximum Gasteiger partial charge on any atom is 0.255 e. The fraction of sp³-hybridized carbons (Fsp3) is 0.261. The molecule has 1 atom stereocenters. The van der Waals surface area contributed by atoms with E-state index in [1.807, 2.05) is 30.5 Å². The van der Waals surface area contributed by atoms with Crippen molar-refractivity contribution >= 4 is 27.4 Å². The first kappa shape index (κ1) is 19.8. The maximum atomic E-state index is 13.2. The van der Waals surface area contributed by atoms with Gasteiger partial charge >= 0.3 is 0 Å². The van der Waals surface area contributed by atoms with Crippen molar-refractivity contribution in [3.05, 3.63) is 81.8 Å². The third-order valence-corrected chi connectivity index (χ3v) is 6.18. The maximum absolute atomic E-state index is 13.2. The van der Waals surface area contributed by atoms with Crippen LogP contribution in [-0.4, -0.2) is 32.4 Å². The van der Waals surface area contributed by atoms with Crippen LogP contribution in [0.4, 0.5) is 0 Å². The molecule has 0 saturated heterocycles. The van der Waals surface area contributed by atoms with Gasteiger partial charge in [0.05, 0.1) is 37.7 Å². The highest BCUT2D eigenvalue weighted by atomic mass is 79.9. The number of methoxy groups -OCH3 is 1. The molecule has 31 heavy (non-hydrogen) atoms. The highest BCUT2D eigenvalue weighted by Crippen LogP contribution is 2.32. The Hall–Kier alpha value is -3.13. The van der Waals surface area contributed by atoms with Gasteiger partial charge in [-0.15, -0.1) is 0 Å². The van der Waals surface area contributed by atoms with E-state index in [1.54, 1.807) is 24.0 Å². The van der Waals surface area contributed by atoms with Crippen molar-refractivity contribution in [2.24, 2.45) is 0 Å². The number of benzene rings is 1. The Labute approximate surface area is 188 Å². The molecule has 158 valence electrons. The van der Waals surface area contributed by atoms with E-state index >= 15 is 0 Å². The molecule has 3 heterocycles. The van der Waals surface area contributed by atoms with Crippen LogP contribution in [-0.2, 0) is 13.0 Å². The molecule has 0 fully saturated rings. The topological polar surface area (TPSA) is 73.5 Å². The van der Waals surface area contributed by atoms with Crippen LogP contribution in [0.25, 0.3) is 5.52 Å². The van der Waals surface area contributed by atoms with Crippen molar-refractivity contribution in [1.82, 2.24) is 24.7 Å². The second kappa shape index (κ2) is 8.19. The molecule has 0 saturated carbocycles. The van der Waals surface area contributed by atoms with Crippen molar-refractivity contribution in [1.29, 1.82) is 0 Å². The summed E-state index contributed by atoms with van der Waals surface area (Å²) in [4.78, 5) is 13.2. The zero-order valence-corrected chi connectivity index (χ0v) is 18.7. The average molecular weight is 480 g/mol. The zero-order valence-electron chi connectivity index (χ0n) is 17.1. The molecule has 4 aromatic rings. The molecule has 0 radical (unpaired) electrons. The van der Waals surface area contributed by atoms with Gasteiger partial charge in [-0.25, -0.2) is 4.52 Å². The number of pyridine rings is 1. The SMILES string of the molecule is COc1cc(Br)cn2ncc(C(=O)NC3CCCc4c3cnn4Cc3ccccc3)c12. The molecule has 1 amide bonds. The summed E-state index contributed by atoms with van der Waals surface area (Å²) in [7, 11) is 1.59. The number of hydrogen-bond acceptors (Lipinski definition) is 4. The number of halogens is 1. The van der Waals surface area contributed by atoms with Crippen molar-refractivity contribution in [3.63, 3.8) is 0 Å². The second-order valence-electron chi connectivity index (χ2n) is 7.69. The Morgan fingerprint density at radius 1 is 1.26 bits per heavy atom. The summed E-state index contributed by atoms with van der Waals surface area (Å²) in [5.41, 5.74) is 4.65. The largest absolute Gasteiger partial charge is 0.494 e. The minimum atomic E-state index is -0.163. The molecule has 1 unspecified atom stereocenters. The summed E-state index contributed by atoms with van der Waals surface area (Å²) in [6.07, 6.45) is 8.15. The van der Waals surface area contributed by atoms with E-state index in [1.165, 1.54) is 11.3 Å². The van der Waals surface area contributed by atoms with E-state index in [-0.39, 0.29) is 11.9 Å². The molecule has 5 rings (SSSR count). The van der Waals surface area contributed by atoms with Crippen LogP contribution in [0.2, 0.25) is 0 Å². The Kier molecular flexibility index (Phi) is 5.23. The summed E-state index contributed by atoms with van der Waals surface area (Å²) >= 11 is 3.44. The first-order valence-corrected chi connectivity index (χ1v) is 11.0. The van der Waals surface area contributed by atoms with Crippen LogP contribution >= 0.6 is 15.9 Å². The molecule has 7 nitrogen and oxygen atoms in total. The zero-order chi connectivity index (χ0) is 21.4. The predicted octanol–water partition coefficient (Wildman–Crippen LogP) is 4.16. The van der Waals surface area contributed by atoms with E-state index in [0.29, 0.717) is 16.8 Å². The van der Waals surface area contributed by atoms with Gasteiger partial charge in [0.2, 0.25) is 0 Å². The predicted molar refractivity (Wildman–Crippen MR) is 120 cm³/mol. The normalized spacial score (nSPS) is 15.6. The minimum absolute atomic E-state index is 0.0721. The summed E-state index contributed by atoms with van der Waals surface area (Å²) in [5.74, 6) is 0.432. The van der Waals surface area contributed by atoms with Crippen LogP contribution in [0, 0.1) is 0 Å². The lowest BCUT2D eigenvalue weighted by molar-refractivity contribution is 0.0934. The summed E-state index contributed by atoms with van der Waals surface area (Å²) in [6, 6.07) is 12.1. The van der Waals surface area contributed by atoms with Gasteiger partial charge in [-0.05, 0) is 46.8 Å². The average Bonchev–Trinajstić information content (AvgIpc) is 3.39. The highest BCUT2D eigenvalue weighted by Gasteiger charge is 2.27. The Bertz CT molecular complexity index is 1250. The number of aromatic nitrogens is 4. The van der Waals surface area contributed by atoms with Gasteiger partial charge in [-0.1, -0.05) is 30.3 Å². The smallest absolute Gasteiger partial charge is 0.255 e. The number of rotatable bonds is 5. The standard InChI is InChI=1S/C23H22BrN5O2/c1-31-21-10-16(24)14-29-22(21)18(12-26-29)23(30)27-19-8-5-9-20-17(19)11-25-28(20)13-15-6-3-2-4-7-15/h2-4,6-7,10-12,14,19H,5,8-9,13H2,1H3,(H,27,30). The number of carbonyl (C=O) groups excluding carboxylic acids is 1. The summed E-state index contributed by atoms with van der Waals surface area (Å²) < 4.78 is 10.0. The van der Waals surface area contributed by atoms with E-state index in [9.17, 15) is 4.79 Å². The number of nitrogens with zero attached hydrogens (tertiary/aromatic N) is 4. The number of hydrogen-bond donors (Lipinski definition) is 1. The molecule has 8 heteroatoms. The summed E-state index contributed by atoms with van der Waals surface area (Å²) in [6.45, 7) is 0.733. The van der Waals surface area contributed by atoms with Crippen molar-refractivity contribution in [2.45, 2.75) is 31.8 Å². The molecule has 0 aliphatic heterocycles. The lowest BCUT2D eigenvalue weighted by atomic mass is 9.92. The number of amides is 1. The third kappa shape index (κ3) is 3.72. The highest BCUT2D eigenvalue weighted by molar-refractivity contribution is 9.10. The monoisotopic (exact) mass is 479 g/mol. The molecule has 0 bridgehead atoms. The lowest BCUT2D eigenvalue weighted by Crippen LogP contribution is -2.31. The number of ether oxygens (including phenoxy) is 1. The van der Waals surface area contributed by atoms with Crippen LogP contribution in [0.3, 0.4) is 0 Å². The van der Waals surface area contributed by atoms with Gasteiger partial charge in [-0.3, -0.25) is 9.48 Å². The van der Waals surface area contributed by atoms with Crippen LogP contribution in [0.15, 0.2) is 59.5 Å². The quantitative estimate of drug-likeness (QED) is 0.466. The van der Waals surface area contributed by atoms with Gasteiger partial charge in [0.1, 0.15) is 11.3 Å². The first-order valence-electron chi connectivity index (χ1n) is 10.2. The fourth-order valence-corrected chi connectivity index (χ4v) is 4.67. The molecule has 1 aliphatic rings. The van der Waals surface area contributed by atoms with E-state index in [2.05, 4.69) is 48.3 Å². The van der Waals surface area contributed by atoms with Gasteiger partial charge in [-0.2, -0.15) is 10.2 Å². The second-order valence-corrected chi connectivity index (χ2v) is 8.60. The van der Waals surface area contributed by atoms with Gasteiger partial charge in [0.15, 0.2) is 0 Å².